The lowest BCUT2D eigenvalue weighted by Crippen LogP contribution is -2.29. The van der Waals surface area contributed by atoms with Gasteiger partial charge in [0, 0.05) is 12.6 Å². The quantitative estimate of drug-likeness (QED) is 0.663. The fourth-order valence-electron chi connectivity index (χ4n) is 2.61. The summed E-state index contributed by atoms with van der Waals surface area (Å²) < 4.78 is 4.92. The molecule has 0 aliphatic heterocycles. The first kappa shape index (κ1) is 16.5. The number of rotatable bonds is 5. The highest BCUT2D eigenvalue weighted by Gasteiger charge is 2.17. The summed E-state index contributed by atoms with van der Waals surface area (Å²) in [7, 11) is 0. The van der Waals surface area contributed by atoms with E-state index in [0.29, 0.717) is 16.8 Å². The topological polar surface area (TPSA) is 104 Å². The largest absolute Gasteiger partial charge is 0.417 e. The molecule has 128 valence electrons. The Kier molecular flexibility index (Phi) is 4.65. The summed E-state index contributed by atoms with van der Waals surface area (Å²) in [6.45, 7) is 1.41. The van der Waals surface area contributed by atoms with Crippen LogP contribution in [0.4, 0.5) is 5.69 Å². The van der Waals surface area contributed by atoms with Gasteiger partial charge in [-0.25, -0.2) is 4.79 Å². The number of carbonyl (C=O) groups is 2. The predicted molar refractivity (Wildman–Crippen MR) is 93.1 cm³/mol. The Bertz CT molecular complexity index is 959. The number of amides is 2. The van der Waals surface area contributed by atoms with Gasteiger partial charge in [-0.15, -0.1) is 0 Å². The molecule has 0 bridgehead atoms. The van der Waals surface area contributed by atoms with E-state index < -0.39 is 11.8 Å². The van der Waals surface area contributed by atoms with Crippen LogP contribution < -0.4 is 16.4 Å². The lowest BCUT2D eigenvalue weighted by atomic mass is 10.0. The molecular formula is C18H17N3O4. The van der Waals surface area contributed by atoms with Crippen molar-refractivity contribution in [2.75, 3.05) is 5.32 Å². The zero-order chi connectivity index (χ0) is 17.8. The molecule has 7 nitrogen and oxygen atoms in total. The number of aromatic nitrogens is 1. The van der Waals surface area contributed by atoms with E-state index in [1.807, 2.05) is 30.3 Å². The molecule has 0 spiro atoms. The predicted octanol–water partition coefficient (Wildman–Crippen LogP) is 2.33. The lowest BCUT2D eigenvalue weighted by Gasteiger charge is -2.18. The van der Waals surface area contributed by atoms with Crippen molar-refractivity contribution in [3.05, 3.63) is 64.6 Å². The Morgan fingerprint density at radius 3 is 2.64 bits per heavy atom. The van der Waals surface area contributed by atoms with Crippen LogP contribution in [0.25, 0.3) is 11.1 Å². The van der Waals surface area contributed by atoms with Crippen molar-refractivity contribution in [3.63, 3.8) is 0 Å². The van der Waals surface area contributed by atoms with Crippen molar-refractivity contribution in [1.82, 2.24) is 10.3 Å². The third kappa shape index (κ3) is 4.14. The van der Waals surface area contributed by atoms with Crippen LogP contribution in [0.15, 0.2) is 57.7 Å². The van der Waals surface area contributed by atoms with Gasteiger partial charge in [0.15, 0.2) is 5.58 Å². The van der Waals surface area contributed by atoms with E-state index in [4.69, 9.17) is 4.42 Å². The van der Waals surface area contributed by atoms with Gasteiger partial charge in [-0.05, 0) is 23.8 Å². The first-order valence-electron chi connectivity index (χ1n) is 7.76. The average Bonchev–Trinajstić information content (AvgIpc) is 2.94. The van der Waals surface area contributed by atoms with Gasteiger partial charge in [0.1, 0.15) is 0 Å². The minimum absolute atomic E-state index is 0.0868. The number of oxazole rings is 1. The van der Waals surface area contributed by atoms with Crippen LogP contribution in [0.5, 0.6) is 0 Å². The third-order valence-electron chi connectivity index (χ3n) is 3.67. The van der Waals surface area contributed by atoms with E-state index in [1.165, 1.54) is 6.92 Å². The summed E-state index contributed by atoms with van der Waals surface area (Å²) in [6.07, 6.45) is 0.0868. The number of H-pyrrole nitrogens is 1. The number of anilines is 1. The number of fused-ring (bicyclic) bond motifs is 1. The highest BCUT2D eigenvalue weighted by Crippen LogP contribution is 2.20. The van der Waals surface area contributed by atoms with Crippen molar-refractivity contribution < 1.29 is 14.0 Å². The highest BCUT2D eigenvalue weighted by atomic mass is 16.4. The van der Waals surface area contributed by atoms with Crippen LogP contribution in [-0.2, 0) is 9.59 Å². The van der Waals surface area contributed by atoms with Gasteiger partial charge in [0.2, 0.25) is 11.8 Å². The second kappa shape index (κ2) is 7.04. The fourth-order valence-corrected chi connectivity index (χ4v) is 2.61. The molecule has 0 saturated carbocycles. The Balaban J connectivity index is 1.73. The molecule has 0 aliphatic carbocycles. The molecule has 1 heterocycles. The number of benzene rings is 2. The van der Waals surface area contributed by atoms with Crippen molar-refractivity contribution in [2.24, 2.45) is 0 Å². The smallest absolute Gasteiger partial charge is 0.408 e. The average molecular weight is 339 g/mol. The SMILES string of the molecule is CC(=O)NC(CC(=O)Nc1ccc2oc(=O)[nH]c2c1)c1ccccc1. The van der Waals surface area contributed by atoms with Crippen LogP contribution in [-0.4, -0.2) is 16.8 Å². The lowest BCUT2D eigenvalue weighted by molar-refractivity contribution is -0.120. The Morgan fingerprint density at radius 1 is 1.16 bits per heavy atom. The van der Waals surface area contributed by atoms with E-state index in [2.05, 4.69) is 15.6 Å². The van der Waals surface area contributed by atoms with Crippen molar-refractivity contribution >= 4 is 28.6 Å². The summed E-state index contributed by atoms with van der Waals surface area (Å²) in [5, 5.41) is 5.55. The summed E-state index contributed by atoms with van der Waals surface area (Å²) in [5.74, 6) is -1.01. The van der Waals surface area contributed by atoms with E-state index in [0.717, 1.165) is 5.56 Å². The number of hydrogen-bond donors (Lipinski definition) is 3. The second-order valence-corrected chi connectivity index (χ2v) is 5.64. The molecule has 3 rings (SSSR count). The molecule has 0 fully saturated rings. The van der Waals surface area contributed by atoms with E-state index in [1.54, 1.807) is 18.2 Å². The molecule has 3 aromatic rings. The van der Waals surface area contributed by atoms with E-state index in [9.17, 15) is 14.4 Å². The zero-order valence-electron chi connectivity index (χ0n) is 13.5. The van der Waals surface area contributed by atoms with Gasteiger partial charge < -0.3 is 15.1 Å². The molecule has 2 amide bonds. The molecule has 3 N–H and O–H groups in total. The fraction of sp³-hybridized carbons (Fsp3) is 0.167. The van der Waals surface area contributed by atoms with Gasteiger partial charge in [-0.2, -0.15) is 0 Å². The highest BCUT2D eigenvalue weighted by molar-refractivity contribution is 5.93. The summed E-state index contributed by atoms with van der Waals surface area (Å²) >= 11 is 0. The van der Waals surface area contributed by atoms with Gasteiger partial charge in [0.25, 0.3) is 0 Å². The molecule has 0 saturated heterocycles. The zero-order valence-corrected chi connectivity index (χ0v) is 13.5. The molecule has 0 aliphatic rings. The van der Waals surface area contributed by atoms with E-state index in [-0.39, 0.29) is 18.2 Å². The molecule has 2 aromatic carbocycles. The first-order valence-corrected chi connectivity index (χ1v) is 7.76. The number of nitrogens with one attached hydrogen (secondary N) is 3. The summed E-state index contributed by atoms with van der Waals surface area (Å²) in [4.78, 5) is 37.5. The van der Waals surface area contributed by atoms with Crippen molar-refractivity contribution in [3.8, 4) is 0 Å². The molecule has 1 unspecified atom stereocenters. The molecule has 0 radical (unpaired) electrons. The molecule has 1 aromatic heterocycles. The minimum atomic E-state index is -0.548. The van der Waals surface area contributed by atoms with Gasteiger partial charge in [-0.3, -0.25) is 14.6 Å². The normalized spacial score (nSPS) is 11.9. The van der Waals surface area contributed by atoms with Gasteiger partial charge in [-0.1, -0.05) is 30.3 Å². The molecule has 7 heteroatoms. The standard InChI is InChI=1S/C18H17N3O4/c1-11(22)19-14(12-5-3-2-4-6-12)10-17(23)20-13-7-8-16-15(9-13)21-18(24)25-16/h2-9,14H,10H2,1H3,(H,19,22)(H,20,23)(H,21,24). The van der Waals surface area contributed by atoms with Gasteiger partial charge >= 0.3 is 5.76 Å². The van der Waals surface area contributed by atoms with Crippen LogP contribution in [0, 0.1) is 0 Å². The van der Waals surface area contributed by atoms with E-state index >= 15 is 0 Å². The summed E-state index contributed by atoms with van der Waals surface area (Å²) in [6, 6.07) is 13.7. The minimum Gasteiger partial charge on any atom is -0.408 e. The Hall–Kier alpha value is -3.35. The Morgan fingerprint density at radius 2 is 1.92 bits per heavy atom. The molecule has 1 atom stereocenters. The van der Waals surface area contributed by atoms with Crippen LogP contribution in [0.2, 0.25) is 0 Å². The van der Waals surface area contributed by atoms with Gasteiger partial charge in [0.05, 0.1) is 18.0 Å². The van der Waals surface area contributed by atoms with Crippen molar-refractivity contribution in [1.29, 1.82) is 0 Å². The van der Waals surface area contributed by atoms with Crippen LogP contribution in [0.3, 0.4) is 0 Å². The maximum Gasteiger partial charge on any atom is 0.417 e. The van der Waals surface area contributed by atoms with Crippen molar-refractivity contribution in [2.45, 2.75) is 19.4 Å². The number of carbonyl (C=O) groups excluding carboxylic acids is 2. The maximum atomic E-state index is 12.4. The van der Waals surface area contributed by atoms with Crippen LogP contribution >= 0.6 is 0 Å². The Labute approximate surface area is 143 Å². The number of hydrogen-bond acceptors (Lipinski definition) is 4. The second-order valence-electron chi connectivity index (χ2n) is 5.64. The molecular weight excluding hydrogens is 322 g/mol. The maximum absolute atomic E-state index is 12.4. The third-order valence-corrected chi connectivity index (χ3v) is 3.67. The first-order chi connectivity index (χ1) is 12.0. The monoisotopic (exact) mass is 339 g/mol. The summed E-state index contributed by atoms with van der Waals surface area (Å²) in [5.41, 5.74) is 2.30. The molecule has 25 heavy (non-hydrogen) atoms. The van der Waals surface area contributed by atoms with Crippen LogP contribution in [0.1, 0.15) is 24.9 Å². The number of aromatic amines is 1.